The van der Waals surface area contributed by atoms with Crippen molar-refractivity contribution in [1.82, 2.24) is 9.62 Å². The molecule has 2 rings (SSSR count). The standard InChI is InChI=1S/C19H30N2O4S/c1-14(2)5-7-16(4)20-19(22)17-8-6-15(3)18(13-17)26(23,24)21-9-11-25-12-10-21/h6,8,13-14,16H,5,7,9-12H2,1-4H3,(H,20,22). The number of sulfonamides is 1. The molecule has 1 saturated heterocycles. The van der Waals surface area contributed by atoms with E-state index in [2.05, 4.69) is 19.2 Å². The minimum atomic E-state index is -3.63. The molecule has 1 fully saturated rings. The van der Waals surface area contributed by atoms with Crippen LogP contribution < -0.4 is 5.32 Å². The Morgan fingerprint density at radius 2 is 1.85 bits per heavy atom. The second-order valence-corrected chi connectivity index (χ2v) is 9.25. The van der Waals surface area contributed by atoms with Crippen LogP contribution in [0.1, 0.15) is 49.5 Å². The summed E-state index contributed by atoms with van der Waals surface area (Å²) < 4.78 is 32.5. The van der Waals surface area contributed by atoms with E-state index in [1.165, 1.54) is 10.4 Å². The highest BCUT2D eigenvalue weighted by atomic mass is 32.2. The van der Waals surface area contributed by atoms with Crippen LogP contribution in [0.25, 0.3) is 0 Å². The van der Waals surface area contributed by atoms with Crippen molar-refractivity contribution in [1.29, 1.82) is 0 Å². The molecule has 1 aliphatic rings. The number of ether oxygens (including phenoxy) is 1. The van der Waals surface area contributed by atoms with Crippen LogP contribution in [0.2, 0.25) is 0 Å². The van der Waals surface area contributed by atoms with Gasteiger partial charge in [0.2, 0.25) is 10.0 Å². The highest BCUT2D eigenvalue weighted by Gasteiger charge is 2.28. The predicted molar refractivity (Wildman–Crippen MR) is 102 cm³/mol. The molecular weight excluding hydrogens is 352 g/mol. The molecule has 1 unspecified atom stereocenters. The minimum Gasteiger partial charge on any atom is -0.379 e. The molecular formula is C19H30N2O4S. The molecule has 1 atom stereocenters. The third-order valence-electron chi connectivity index (χ3n) is 4.59. The fraction of sp³-hybridized carbons (Fsp3) is 0.632. The molecule has 6 nitrogen and oxygen atoms in total. The number of carbonyl (C=O) groups is 1. The number of morpholine rings is 1. The van der Waals surface area contributed by atoms with Crippen LogP contribution in [0.15, 0.2) is 23.1 Å². The van der Waals surface area contributed by atoms with Crippen LogP contribution in [-0.2, 0) is 14.8 Å². The fourth-order valence-corrected chi connectivity index (χ4v) is 4.57. The number of nitrogens with one attached hydrogen (secondary N) is 1. The molecule has 0 radical (unpaired) electrons. The first-order valence-corrected chi connectivity index (χ1v) is 10.6. The van der Waals surface area contributed by atoms with E-state index < -0.39 is 10.0 Å². The first-order valence-electron chi connectivity index (χ1n) is 9.21. The summed E-state index contributed by atoms with van der Waals surface area (Å²) in [6.07, 6.45) is 1.93. The number of rotatable bonds is 7. The van der Waals surface area contributed by atoms with Crippen molar-refractivity contribution in [2.45, 2.75) is 51.5 Å². The number of aryl methyl sites for hydroxylation is 1. The summed E-state index contributed by atoms with van der Waals surface area (Å²) in [7, 11) is -3.63. The van der Waals surface area contributed by atoms with Crippen LogP contribution in [0, 0.1) is 12.8 Å². The van der Waals surface area contributed by atoms with Crippen molar-refractivity contribution in [3.63, 3.8) is 0 Å². The van der Waals surface area contributed by atoms with Gasteiger partial charge in [0, 0.05) is 24.7 Å². The van der Waals surface area contributed by atoms with E-state index in [4.69, 9.17) is 4.74 Å². The first kappa shape index (κ1) is 20.9. The Morgan fingerprint density at radius 3 is 2.46 bits per heavy atom. The Morgan fingerprint density at radius 1 is 1.19 bits per heavy atom. The van der Waals surface area contributed by atoms with Crippen molar-refractivity contribution in [2.24, 2.45) is 5.92 Å². The molecule has 26 heavy (non-hydrogen) atoms. The summed E-state index contributed by atoms with van der Waals surface area (Å²) in [5.74, 6) is 0.346. The smallest absolute Gasteiger partial charge is 0.251 e. The van der Waals surface area contributed by atoms with E-state index in [0.717, 1.165) is 12.8 Å². The molecule has 146 valence electrons. The van der Waals surface area contributed by atoms with Gasteiger partial charge in [0.1, 0.15) is 0 Å². The molecule has 1 N–H and O–H groups in total. The summed E-state index contributed by atoms with van der Waals surface area (Å²) in [5, 5.41) is 2.96. The van der Waals surface area contributed by atoms with Crippen LogP contribution in [0.5, 0.6) is 0 Å². The maximum Gasteiger partial charge on any atom is 0.251 e. The molecule has 1 aliphatic heterocycles. The highest BCUT2D eigenvalue weighted by Crippen LogP contribution is 2.22. The Balaban J connectivity index is 2.17. The Hall–Kier alpha value is -1.44. The summed E-state index contributed by atoms with van der Waals surface area (Å²) in [4.78, 5) is 12.7. The van der Waals surface area contributed by atoms with Gasteiger partial charge in [-0.15, -0.1) is 0 Å². The minimum absolute atomic E-state index is 0.0468. The molecule has 1 aromatic rings. The van der Waals surface area contributed by atoms with E-state index in [0.29, 0.717) is 43.3 Å². The van der Waals surface area contributed by atoms with Crippen molar-refractivity contribution in [3.8, 4) is 0 Å². The lowest BCUT2D eigenvalue weighted by Crippen LogP contribution is -2.41. The van der Waals surface area contributed by atoms with E-state index >= 15 is 0 Å². The second-order valence-electron chi connectivity index (χ2n) is 7.34. The summed E-state index contributed by atoms with van der Waals surface area (Å²) in [5.41, 5.74) is 1.01. The highest BCUT2D eigenvalue weighted by molar-refractivity contribution is 7.89. The summed E-state index contributed by atoms with van der Waals surface area (Å²) in [6, 6.07) is 4.91. The monoisotopic (exact) mass is 382 g/mol. The normalized spacial score (nSPS) is 17.3. The zero-order valence-corrected chi connectivity index (χ0v) is 16.9. The molecule has 0 spiro atoms. The average Bonchev–Trinajstić information content (AvgIpc) is 2.60. The van der Waals surface area contributed by atoms with Crippen molar-refractivity contribution in [2.75, 3.05) is 26.3 Å². The van der Waals surface area contributed by atoms with Crippen molar-refractivity contribution < 1.29 is 17.9 Å². The predicted octanol–water partition coefficient (Wildman–Crippen LogP) is 2.57. The third kappa shape index (κ3) is 5.28. The zero-order chi connectivity index (χ0) is 19.3. The fourth-order valence-electron chi connectivity index (χ4n) is 2.91. The maximum atomic E-state index is 12.9. The molecule has 7 heteroatoms. The van der Waals surface area contributed by atoms with Gasteiger partial charge in [0.25, 0.3) is 5.91 Å². The Bertz CT molecular complexity index is 725. The van der Waals surface area contributed by atoms with Gasteiger partial charge in [-0.3, -0.25) is 4.79 Å². The number of hydrogen-bond donors (Lipinski definition) is 1. The van der Waals surface area contributed by atoms with Crippen LogP contribution in [0.3, 0.4) is 0 Å². The molecule has 1 aromatic carbocycles. The van der Waals surface area contributed by atoms with Gasteiger partial charge < -0.3 is 10.1 Å². The number of carbonyl (C=O) groups excluding carboxylic acids is 1. The third-order valence-corrected chi connectivity index (χ3v) is 6.63. The van der Waals surface area contributed by atoms with Gasteiger partial charge >= 0.3 is 0 Å². The molecule has 0 saturated carbocycles. The number of benzene rings is 1. The summed E-state index contributed by atoms with van der Waals surface area (Å²) >= 11 is 0. The van der Waals surface area contributed by atoms with E-state index in [1.807, 2.05) is 6.92 Å². The van der Waals surface area contributed by atoms with E-state index in [1.54, 1.807) is 19.1 Å². The van der Waals surface area contributed by atoms with Crippen LogP contribution in [-0.4, -0.2) is 51.0 Å². The quantitative estimate of drug-likeness (QED) is 0.786. The van der Waals surface area contributed by atoms with Crippen LogP contribution >= 0.6 is 0 Å². The second kappa shape index (κ2) is 8.97. The van der Waals surface area contributed by atoms with E-state index in [-0.39, 0.29) is 16.8 Å². The topological polar surface area (TPSA) is 75.7 Å². The lowest BCUT2D eigenvalue weighted by atomic mass is 10.0. The lowest BCUT2D eigenvalue weighted by Gasteiger charge is -2.27. The maximum absolute atomic E-state index is 12.9. The number of nitrogens with zero attached hydrogens (tertiary/aromatic N) is 1. The SMILES string of the molecule is Cc1ccc(C(=O)NC(C)CCC(C)C)cc1S(=O)(=O)N1CCOCC1. The van der Waals surface area contributed by atoms with Crippen LogP contribution in [0.4, 0.5) is 0 Å². The van der Waals surface area contributed by atoms with Gasteiger partial charge in [-0.25, -0.2) is 8.42 Å². The lowest BCUT2D eigenvalue weighted by molar-refractivity contribution is 0.0730. The molecule has 1 amide bonds. The van der Waals surface area contributed by atoms with Gasteiger partial charge in [-0.05, 0) is 50.3 Å². The number of hydrogen-bond acceptors (Lipinski definition) is 4. The van der Waals surface area contributed by atoms with Gasteiger partial charge in [0.15, 0.2) is 0 Å². The van der Waals surface area contributed by atoms with E-state index in [9.17, 15) is 13.2 Å². The first-order chi connectivity index (χ1) is 12.2. The molecule has 0 aromatic heterocycles. The Kier molecular flexibility index (Phi) is 7.20. The molecule has 1 heterocycles. The van der Waals surface area contributed by atoms with Crippen molar-refractivity contribution >= 4 is 15.9 Å². The van der Waals surface area contributed by atoms with Gasteiger partial charge in [-0.2, -0.15) is 4.31 Å². The summed E-state index contributed by atoms with van der Waals surface area (Å²) in [6.45, 7) is 9.49. The molecule has 0 bridgehead atoms. The van der Waals surface area contributed by atoms with Gasteiger partial charge in [0.05, 0.1) is 18.1 Å². The number of amides is 1. The van der Waals surface area contributed by atoms with Crippen molar-refractivity contribution in [3.05, 3.63) is 29.3 Å². The largest absolute Gasteiger partial charge is 0.379 e. The Labute approximate surface area is 157 Å². The molecule has 0 aliphatic carbocycles. The zero-order valence-electron chi connectivity index (χ0n) is 16.1. The average molecular weight is 383 g/mol. The van der Waals surface area contributed by atoms with Gasteiger partial charge in [-0.1, -0.05) is 19.9 Å².